The lowest BCUT2D eigenvalue weighted by Crippen LogP contribution is -2.51. The molecule has 3 amide bonds. The number of aryl methyl sites for hydroxylation is 1. The van der Waals surface area contributed by atoms with Crippen LogP contribution < -0.4 is 5.32 Å². The van der Waals surface area contributed by atoms with Crippen molar-refractivity contribution >= 4 is 11.9 Å². The molecule has 0 saturated carbocycles. The number of methoxy groups -OCH3 is 1. The zero-order chi connectivity index (χ0) is 17.4. The molecule has 1 spiro atoms. The normalized spacial score (nSPS) is 22.4. The number of fused-ring (bicyclic) bond motifs is 1. The number of imide groups is 1. The summed E-state index contributed by atoms with van der Waals surface area (Å²) in [7, 11) is 1.56. The van der Waals surface area contributed by atoms with E-state index in [2.05, 4.69) is 16.5 Å². The van der Waals surface area contributed by atoms with Crippen molar-refractivity contribution in [1.82, 2.24) is 15.4 Å². The molecule has 7 nitrogen and oxygen atoms in total. The Morgan fingerprint density at radius 2 is 2.12 bits per heavy atom. The number of nitrogens with zero attached hydrogens (tertiary/aromatic N) is 2. The Bertz CT molecular complexity index is 831. The van der Waals surface area contributed by atoms with E-state index in [1.54, 1.807) is 13.2 Å². The van der Waals surface area contributed by atoms with Crippen molar-refractivity contribution in [2.75, 3.05) is 7.11 Å². The molecule has 1 atom stereocenters. The number of amides is 3. The van der Waals surface area contributed by atoms with E-state index in [0.717, 1.165) is 12.0 Å². The number of rotatable bonds is 4. The van der Waals surface area contributed by atoms with E-state index in [-0.39, 0.29) is 18.5 Å². The van der Waals surface area contributed by atoms with E-state index in [1.807, 2.05) is 18.2 Å². The lowest BCUT2D eigenvalue weighted by Gasteiger charge is -2.32. The predicted octanol–water partition coefficient (Wildman–Crippen LogP) is 1.80. The first-order chi connectivity index (χ1) is 12.1. The Kier molecular flexibility index (Phi) is 3.80. The standard InChI is InChI=1S/C18H19N3O4/c1-24-11-15-8-14(20-25-15)10-21-16(22)18(19-17(21)23)7-6-12-4-2-3-5-13(12)9-18/h2-5,8H,6-7,9-11H2,1H3,(H,19,23). The number of carbonyl (C=O) groups is 2. The summed E-state index contributed by atoms with van der Waals surface area (Å²) >= 11 is 0. The number of benzene rings is 1. The first-order valence-corrected chi connectivity index (χ1v) is 8.25. The lowest BCUT2D eigenvalue weighted by atomic mass is 9.78. The van der Waals surface area contributed by atoms with Crippen LogP contribution in [0.15, 0.2) is 34.9 Å². The average Bonchev–Trinajstić information content (AvgIpc) is 3.14. The summed E-state index contributed by atoms with van der Waals surface area (Å²) in [4.78, 5) is 26.6. The van der Waals surface area contributed by atoms with Gasteiger partial charge < -0.3 is 14.6 Å². The van der Waals surface area contributed by atoms with Gasteiger partial charge >= 0.3 is 6.03 Å². The third kappa shape index (κ3) is 2.70. The van der Waals surface area contributed by atoms with Gasteiger partial charge in [-0.25, -0.2) is 4.79 Å². The fraction of sp³-hybridized carbons (Fsp3) is 0.389. The summed E-state index contributed by atoms with van der Waals surface area (Å²) in [6, 6.07) is 9.39. The molecular formula is C18H19N3O4. The number of ether oxygens (including phenoxy) is 1. The van der Waals surface area contributed by atoms with Crippen molar-refractivity contribution in [3.05, 3.63) is 52.9 Å². The highest BCUT2D eigenvalue weighted by molar-refractivity contribution is 6.07. The monoisotopic (exact) mass is 341 g/mol. The summed E-state index contributed by atoms with van der Waals surface area (Å²) in [6.45, 7) is 0.398. The summed E-state index contributed by atoms with van der Waals surface area (Å²) in [5.74, 6) is 0.370. The Morgan fingerprint density at radius 3 is 2.92 bits per heavy atom. The Morgan fingerprint density at radius 1 is 1.32 bits per heavy atom. The van der Waals surface area contributed by atoms with Gasteiger partial charge in [0.1, 0.15) is 17.8 Å². The zero-order valence-electron chi connectivity index (χ0n) is 13.9. The van der Waals surface area contributed by atoms with Crippen LogP contribution in [-0.4, -0.2) is 34.6 Å². The molecule has 7 heteroatoms. The van der Waals surface area contributed by atoms with Gasteiger partial charge in [0.15, 0.2) is 5.76 Å². The van der Waals surface area contributed by atoms with Gasteiger partial charge in [0.2, 0.25) is 0 Å². The van der Waals surface area contributed by atoms with Crippen molar-refractivity contribution in [2.24, 2.45) is 0 Å². The Balaban J connectivity index is 1.54. The number of hydrogen-bond donors (Lipinski definition) is 1. The molecule has 1 saturated heterocycles. The van der Waals surface area contributed by atoms with Gasteiger partial charge in [0, 0.05) is 19.6 Å². The van der Waals surface area contributed by atoms with E-state index in [1.165, 1.54) is 10.5 Å². The SMILES string of the molecule is COCc1cc(CN2C(=O)NC3(CCc4ccccc4C3)C2=O)no1. The minimum Gasteiger partial charge on any atom is -0.377 e. The number of nitrogens with one attached hydrogen (secondary N) is 1. The highest BCUT2D eigenvalue weighted by atomic mass is 16.5. The van der Waals surface area contributed by atoms with Crippen LogP contribution in [0.3, 0.4) is 0 Å². The van der Waals surface area contributed by atoms with Crippen molar-refractivity contribution in [3.63, 3.8) is 0 Å². The molecule has 1 fully saturated rings. The fourth-order valence-corrected chi connectivity index (χ4v) is 3.65. The summed E-state index contributed by atoms with van der Waals surface area (Å²) in [5.41, 5.74) is 2.05. The molecule has 1 aliphatic heterocycles. The number of aromatic nitrogens is 1. The Hall–Kier alpha value is -2.67. The highest BCUT2D eigenvalue weighted by Crippen LogP contribution is 2.34. The first-order valence-electron chi connectivity index (χ1n) is 8.25. The van der Waals surface area contributed by atoms with Crippen molar-refractivity contribution in [1.29, 1.82) is 0 Å². The highest BCUT2D eigenvalue weighted by Gasteiger charge is 2.52. The maximum atomic E-state index is 13.0. The van der Waals surface area contributed by atoms with Crippen LogP contribution in [0.1, 0.15) is 29.0 Å². The molecule has 1 aromatic heterocycles. The van der Waals surface area contributed by atoms with Crippen molar-refractivity contribution < 1.29 is 18.8 Å². The third-order valence-corrected chi connectivity index (χ3v) is 4.89. The van der Waals surface area contributed by atoms with Gasteiger partial charge in [-0.05, 0) is 24.0 Å². The van der Waals surface area contributed by atoms with Gasteiger partial charge in [-0.2, -0.15) is 0 Å². The average molecular weight is 341 g/mol. The zero-order valence-corrected chi connectivity index (χ0v) is 13.9. The number of carbonyl (C=O) groups excluding carboxylic acids is 2. The summed E-state index contributed by atoms with van der Waals surface area (Å²) < 4.78 is 10.1. The van der Waals surface area contributed by atoms with E-state index >= 15 is 0 Å². The van der Waals surface area contributed by atoms with Crippen LogP contribution in [0.2, 0.25) is 0 Å². The molecule has 130 valence electrons. The molecule has 1 aliphatic carbocycles. The van der Waals surface area contributed by atoms with Crippen LogP contribution >= 0.6 is 0 Å². The first kappa shape index (κ1) is 15.8. The van der Waals surface area contributed by atoms with E-state index in [4.69, 9.17) is 9.26 Å². The van der Waals surface area contributed by atoms with Gasteiger partial charge in [-0.15, -0.1) is 0 Å². The molecular weight excluding hydrogens is 322 g/mol. The van der Waals surface area contributed by atoms with E-state index in [0.29, 0.717) is 30.9 Å². The van der Waals surface area contributed by atoms with Crippen LogP contribution in [0.4, 0.5) is 4.79 Å². The molecule has 1 unspecified atom stereocenters. The molecule has 2 aliphatic rings. The molecule has 1 aromatic carbocycles. The Labute approximate surface area is 144 Å². The summed E-state index contributed by atoms with van der Waals surface area (Å²) in [6.07, 6.45) is 1.91. The molecule has 25 heavy (non-hydrogen) atoms. The molecule has 0 radical (unpaired) electrons. The number of urea groups is 1. The lowest BCUT2D eigenvalue weighted by molar-refractivity contribution is -0.132. The van der Waals surface area contributed by atoms with Crippen LogP contribution in [0.5, 0.6) is 0 Å². The molecule has 2 aromatic rings. The fourth-order valence-electron chi connectivity index (χ4n) is 3.65. The van der Waals surface area contributed by atoms with Crippen molar-refractivity contribution in [3.8, 4) is 0 Å². The second-order valence-electron chi connectivity index (χ2n) is 6.57. The van der Waals surface area contributed by atoms with Gasteiger partial charge in [-0.3, -0.25) is 9.69 Å². The van der Waals surface area contributed by atoms with E-state index < -0.39 is 5.54 Å². The van der Waals surface area contributed by atoms with Crippen molar-refractivity contribution in [2.45, 2.75) is 38.0 Å². The maximum Gasteiger partial charge on any atom is 0.325 e. The van der Waals surface area contributed by atoms with Gasteiger partial charge in [-0.1, -0.05) is 29.4 Å². The molecule has 0 bridgehead atoms. The molecule has 4 rings (SSSR count). The summed E-state index contributed by atoms with van der Waals surface area (Å²) in [5, 5.41) is 6.82. The van der Waals surface area contributed by atoms with E-state index in [9.17, 15) is 9.59 Å². The second-order valence-corrected chi connectivity index (χ2v) is 6.57. The minimum absolute atomic E-state index is 0.0985. The van der Waals surface area contributed by atoms with Crippen LogP contribution in [0, 0.1) is 0 Å². The second kappa shape index (κ2) is 6.00. The van der Waals surface area contributed by atoms with Crippen LogP contribution in [-0.2, 0) is 35.5 Å². The quantitative estimate of drug-likeness (QED) is 0.857. The smallest absolute Gasteiger partial charge is 0.325 e. The predicted molar refractivity (Wildman–Crippen MR) is 87.5 cm³/mol. The molecule has 1 N–H and O–H groups in total. The topological polar surface area (TPSA) is 84.7 Å². The van der Waals surface area contributed by atoms with Gasteiger partial charge in [0.05, 0.1) is 6.54 Å². The minimum atomic E-state index is -0.843. The maximum absolute atomic E-state index is 13.0. The molecule has 2 heterocycles. The van der Waals surface area contributed by atoms with Gasteiger partial charge in [0.25, 0.3) is 5.91 Å². The van der Waals surface area contributed by atoms with Crippen LogP contribution in [0.25, 0.3) is 0 Å². The third-order valence-electron chi connectivity index (χ3n) is 4.89. The largest absolute Gasteiger partial charge is 0.377 e. The number of hydrogen-bond acceptors (Lipinski definition) is 5.